The standard InChI is InChI=1S/C19H18N4O/c1-3-16-13(2)21-23-12-20-22(19(23)18(16)24)11-15-9-6-8-14-7-4-5-10-17(14)15/h4-10,12H,3,11H2,1-2H3. The number of rotatable bonds is 3. The summed E-state index contributed by atoms with van der Waals surface area (Å²) in [6.45, 7) is 4.39. The molecule has 0 fully saturated rings. The van der Waals surface area contributed by atoms with Gasteiger partial charge in [-0.15, -0.1) is 4.68 Å². The van der Waals surface area contributed by atoms with E-state index >= 15 is 0 Å². The first-order valence-corrected chi connectivity index (χ1v) is 8.09. The lowest BCUT2D eigenvalue weighted by atomic mass is 10.0. The van der Waals surface area contributed by atoms with Crippen LogP contribution in [0.3, 0.4) is 0 Å². The van der Waals surface area contributed by atoms with Crippen LogP contribution in [-0.2, 0) is 13.0 Å². The van der Waals surface area contributed by atoms with Crippen molar-refractivity contribution >= 4 is 16.4 Å². The van der Waals surface area contributed by atoms with Gasteiger partial charge in [0.25, 0.3) is 6.33 Å². The lowest BCUT2D eigenvalue weighted by Gasteiger charge is -2.12. The van der Waals surface area contributed by atoms with E-state index in [4.69, 9.17) is 0 Å². The molecular weight excluding hydrogens is 300 g/mol. The molecule has 0 unspecified atom stereocenters. The zero-order chi connectivity index (χ0) is 16.7. The minimum atomic E-state index is 0.0164. The molecule has 0 bridgehead atoms. The summed E-state index contributed by atoms with van der Waals surface area (Å²) < 4.78 is 3.33. The van der Waals surface area contributed by atoms with Crippen LogP contribution in [0.2, 0.25) is 0 Å². The van der Waals surface area contributed by atoms with Crippen molar-refractivity contribution in [3.63, 3.8) is 0 Å². The summed E-state index contributed by atoms with van der Waals surface area (Å²) in [6, 6.07) is 14.5. The Bertz CT molecular complexity index is 1050. The zero-order valence-corrected chi connectivity index (χ0v) is 13.7. The van der Waals surface area contributed by atoms with Gasteiger partial charge in [-0.1, -0.05) is 59.0 Å². The second kappa shape index (κ2) is 5.60. The van der Waals surface area contributed by atoms with Gasteiger partial charge in [-0.2, -0.15) is 0 Å². The molecule has 2 heterocycles. The maximum atomic E-state index is 12.8. The van der Waals surface area contributed by atoms with Crippen LogP contribution < -0.4 is 9.79 Å². The van der Waals surface area contributed by atoms with Crippen LogP contribution in [0, 0.1) is 6.92 Å². The van der Waals surface area contributed by atoms with Crippen molar-refractivity contribution in [1.82, 2.24) is 14.7 Å². The lowest BCUT2D eigenvalue weighted by molar-refractivity contribution is -0.721. The largest absolute Gasteiger partial charge is 0.867 e. The molecule has 2 aromatic heterocycles. The first-order chi connectivity index (χ1) is 11.7. The van der Waals surface area contributed by atoms with E-state index in [1.54, 1.807) is 15.5 Å². The average molecular weight is 318 g/mol. The number of hydrogen-bond acceptors (Lipinski definition) is 3. The van der Waals surface area contributed by atoms with E-state index in [2.05, 4.69) is 34.5 Å². The van der Waals surface area contributed by atoms with Gasteiger partial charge in [0.2, 0.25) is 0 Å². The Morgan fingerprint density at radius 3 is 2.75 bits per heavy atom. The highest BCUT2D eigenvalue weighted by Gasteiger charge is 2.18. The van der Waals surface area contributed by atoms with Gasteiger partial charge in [0.05, 0.1) is 5.69 Å². The molecule has 24 heavy (non-hydrogen) atoms. The topological polar surface area (TPSA) is 57.1 Å². The fourth-order valence-corrected chi connectivity index (χ4v) is 3.28. The highest BCUT2D eigenvalue weighted by atomic mass is 16.3. The summed E-state index contributed by atoms with van der Waals surface area (Å²) in [5.74, 6) is 0.0164. The third-order valence-corrected chi connectivity index (χ3v) is 4.49. The fourth-order valence-electron chi connectivity index (χ4n) is 3.28. The minimum Gasteiger partial charge on any atom is -0.867 e. The van der Waals surface area contributed by atoms with Crippen molar-refractivity contribution in [1.29, 1.82) is 0 Å². The predicted octanol–water partition coefficient (Wildman–Crippen LogP) is 2.16. The smallest absolute Gasteiger partial charge is 0.321 e. The fraction of sp³-hybridized carbons (Fsp3) is 0.211. The van der Waals surface area contributed by atoms with E-state index in [9.17, 15) is 5.11 Å². The second-order valence-corrected chi connectivity index (χ2v) is 5.94. The Kier molecular flexibility index (Phi) is 3.41. The number of benzene rings is 2. The Morgan fingerprint density at radius 1 is 1.12 bits per heavy atom. The molecule has 120 valence electrons. The maximum absolute atomic E-state index is 12.8. The molecule has 5 nitrogen and oxygen atoms in total. The molecular formula is C19H18N4O. The molecule has 0 saturated carbocycles. The molecule has 5 heteroatoms. The molecule has 0 saturated heterocycles. The van der Waals surface area contributed by atoms with Crippen LogP contribution in [0.4, 0.5) is 0 Å². The van der Waals surface area contributed by atoms with Gasteiger partial charge in [0, 0.05) is 5.56 Å². The summed E-state index contributed by atoms with van der Waals surface area (Å²) >= 11 is 0. The lowest BCUT2D eigenvalue weighted by Crippen LogP contribution is -2.38. The van der Waals surface area contributed by atoms with Gasteiger partial charge < -0.3 is 5.11 Å². The van der Waals surface area contributed by atoms with Gasteiger partial charge in [-0.25, -0.2) is 0 Å². The third-order valence-electron chi connectivity index (χ3n) is 4.49. The normalized spacial score (nSPS) is 11.4. The molecule has 0 spiro atoms. The van der Waals surface area contributed by atoms with Crippen LogP contribution in [0.1, 0.15) is 23.7 Å². The van der Waals surface area contributed by atoms with E-state index in [0.717, 1.165) is 16.8 Å². The van der Waals surface area contributed by atoms with E-state index in [1.807, 2.05) is 32.0 Å². The summed E-state index contributed by atoms with van der Waals surface area (Å²) in [5.41, 5.74) is 3.18. The van der Waals surface area contributed by atoms with Crippen molar-refractivity contribution < 1.29 is 9.79 Å². The van der Waals surface area contributed by atoms with Crippen molar-refractivity contribution in [2.45, 2.75) is 26.8 Å². The summed E-state index contributed by atoms with van der Waals surface area (Å²) in [6.07, 6.45) is 2.28. The van der Waals surface area contributed by atoms with E-state index < -0.39 is 0 Å². The highest BCUT2D eigenvalue weighted by molar-refractivity contribution is 5.85. The Hall–Kier alpha value is -2.95. The minimum absolute atomic E-state index is 0.0164. The van der Waals surface area contributed by atoms with Crippen molar-refractivity contribution in [2.75, 3.05) is 0 Å². The summed E-state index contributed by atoms with van der Waals surface area (Å²) in [5, 5.41) is 24.0. The molecule has 4 aromatic rings. The maximum Gasteiger partial charge on any atom is 0.321 e. The summed E-state index contributed by atoms with van der Waals surface area (Å²) in [4.78, 5) is 0. The molecule has 0 aliphatic heterocycles. The van der Waals surface area contributed by atoms with Crippen LogP contribution in [0.15, 0.2) is 48.8 Å². The first-order valence-electron chi connectivity index (χ1n) is 8.09. The monoisotopic (exact) mass is 318 g/mol. The number of fused-ring (bicyclic) bond motifs is 2. The number of aromatic nitrogens is 4. The second-order valence-electron chi connectivity index (χ2n) is 5.94. The quantitative estimate of drug-likeness (QED) is 0.544. The average Bonchev–Trinajstić information content (AvgIpc) is 2.98. The Balaban J connectivity index is 1.88. The first kappa shape index (κ1) is 14.6. The molecule has 0 aliphatic rings. The SMILES string of the molecule is CCc1c(C)nn2cn[n+](Cc3cccc4ccccc34)c2c1[O-]. The Morgan fingerprint density at radius 2 is 1.92 bits per heavy atom. The van der Waals surface area contributed by atoms with Crippen LogP contribution in [-0.4, -0.2) is 14.7 Å². The number of nitrogens with zero attached hydrogens (tertiary/aromatic N) is 4. The summed E-state index contributed by atoms with van der Waals surface area (Å²) in [7, 11) is 0. The molecule has 0 aliphatic carbocycles. The van der Waals surface area contributed by atoms with Crippen LogP contribution in [0.25, 0.3) is 16.4 Å². The van der Waals surface area contributed by atoms with Crippen molar-refractivity contribution in [3.05, 3.63) is 65.6 Å². The Labute approximate surface area is 139 Å². The van der Waals surface area contributed by atoms with E-state index in [0.29, 0.717) is 18.6 Å². The number of hydrogen-bond donors (Lipinski definition) is 0. The van der Waals surface area contributed by atoms with E-state index in [1.165, 1.54) is 10.8 Å². The van der Waals surface area contributed by atoms with Crippen molar-refractivity contribution in [3.8, 4) is 5.75 Å². The van der Waals surface area contributed by atoms with Gasteiger partial charge in [-0.3, -0.25) is 0 Å². The highest BCUT2D eigenvalue weighted by Crippen LogP contribution is 2.22. The van der Waals surface area contributed by atoms with Crippen molar-refractivity contribution in [2.24, 2.45) is 0 Å². The van der Waals surface area contributed by atoms with Gasteiger partial charge >= 0.3 is 5.65 Å². The molecule has 0 atom stereocenters. The molecule has 0 N–H and O–H groups in total. The molecule has 0 radical (unpaired) electrons. The molecule has 0 amide bonds. The predicted molar refractivity (Wildman–Crippen MR) is 89.8 cm³/mol. The van der Waals surface area contributed by atoms with Gasteiger partial charge in [-0.05, 0) is 40.5 Å². The van der Waals surface area contributed by atoms with Crippen LogP contribution >= 0.6 is 0 Å². The zero-order valence-electron chi connectivity index (χ0n) is 13.7. The van der Waals surface area contributed by atoms with Gasteiger partial charge in [0.1, 0.15) is 6.54 Å². The molecule has 4 rings (SSSR count). The van der Waals surface area contributed by atoms with E-state index in [-0.39, 0.29) is 5.75 Å². The number of aryl methyl sites for hydroxylation is 1. The van der Waals surface area contributed by atoms with Crippen LogP contribution in [0.5, 0.6) is 5.75 Å². The van der Waals surface area contributed by atoms with Gasteiger partial charge in [0.15, 0.2) is 0 Å². The third kappa shape index (κ3) is 2.21. The molecule has 2 aromatic carbocycles.